The molecule has 126 valence electrons. The second kappa shape index (κ2) is 8.36. The van der Waals surface area contributed by atoms with Crippen LogP contribution in [0.15, 0.2) is 48.5 Å². The van der Waals surface area contributed by atoms with Gasteiger partial charge in [0.25, 0.3) is 0 Å². The van der Waals surface area contributed by atoms with Gasteiger partial charge in [0, 0.05) is 13.5 Å². The van der Waals surface area contributed by atoms with Crippen LogP contribution in [0.4, 0.5) is 5.69 Å². The van der Waals surface area contributed by atoms with Crippen LogP contribution in [0.3, 0.4) is 0 Å². The molecule has 0 saturated heterocycles. The van der Waals surface area contributed by atoms with Gasteiger partial charge in [-0.05, 0) is 29.8 Å². The number of amides is 2. The molecule has 0 aromatic heterocycles. The van der Waals surface area contributed by atoms with Crippen LogP contribution in [0.5, 0.6) is 5.75 Å². The third-order valence-electron chi connectivity index (χ3n) is 3.47. The molecular weight excluding hydrogens is 328 g/mol. The fraction of sp³-hybridized carbons (Fsp3) is 0.222. The first-order valence-electron chi connectivity index (χ1n) is 7.43. The Balaban J connectivity index is 1.98. The molecule has 0 radical (unpaired) electrons. The van der Waals surface area contributed by atoms with E-state index in [-0.39, 0.29) is 18.4 Å². The van der Waals surface area contributed by atoms with Crippen molar-refractivity contribution in [3.8, 4) is 5.75 Å². The summed E-state index contributed by atoms with van der Waals surface area (Å²) in [6.07, 6.45) is 0. The van der Waals surface area contributed by atoms with Gasteiger partial charge in [0.05, 0.1) is 17.8 Å². The highest BCUT2D eigenvalue weighted by Crippen LogP contribution is 2.25. The SMILES string of the molecule is COc1ccc(CNC(=O)CN(C(C)=O)c2ccccc2Cl)cc1. The lowest BCUT2D eigenvalue weighted by molar-refractivity contribution is -0.123. The molecule has 0 aliphatic heterocycles. The van der Waals surface area contributed by atoms with E-state index in [0.29, 0.717) is 17.3 Å². The number of nitrogens with zero attached hydrogens (tertiary/aromatic N) is 1. The lowest BCUT2D eigenvalue weighted by Crippen LogP contribution is -2.39. The summed E-state index contributed by atoms with van der Waals surface area (Å²) in [6.45, 7) is 1.69. The zero-order chi connectivity index (χ0) is 17.5. The van der Waals surface area contributed by atoms with E-state index in [2.05, 4.69) is 5.32 Å². The highest BCUT2D eigenvalue weighted by molar-refractivity contribution is 6.33. The van der Waals surface area contributed by atoms with E-state index < -0.39 is 0 Å². The second-order valence-electron chi connectivity index (χ2n) is 5.18. The third kappa shape index (κ3) is 4.73. The van der Waals surface area contributed by atoms with Crippen LogP contribution in [-0.4, -0.2) is 25.5 Å². The summed E-state index contributed by atoms with van der Waals surface area (Å²) in [4.78, 5) is 25.4. The van der Waals surface area contributed by atoms with Crippen molar-refractivity contribution in [2.45, 2.75) is 13.5 Å². The molecule has 0 unspecified atom stereocenters. The highest BCUT2D eigenvalue weighted by Gasteiger charge is 2.17. The van der Waals surface area contributed by atoms with Crippen molar-refractivity contribution in [1.29, 1.82) is 0 Å². The number of anilines is 1. The molecule has 0 aliphatic carbocycles. The number of halogens is 1. The van der Waals surface area contributed by atoms with Crippen LogP contribution in [0.1, 0.15) is 12.5 Å². The molecule has 2 aromatic rings. The van der Waals surface area contributed by atoms with Gasteiger partial charge >= 0.3 is 0 Å². The summed E-state index contributed by atoms with van der Waals surface area (Å²) in [5.41, 5.74) is 1.46. The summed E-state index contributed by atoms with van der Waals surface area (Å²) in [5.74, 6) is 0.246. The predicted octanol–water partition coefficient (Wildman–Crippen LogP) is 3.02. The highest BCUT2D eigenvalue weighted by atomic mass is 35.5. The Bertz CT molecular complexity index is 716. The van der Waals surface area contributed by atoms with E-state index in [1.165, 1.54) is 11.8 Å². The summed E-state index contributed by atoms with van der Waals surface area (Å²) in [7, 11) is 1.60. The molecule has 5 nitrogen and oxygen atoms in total. The lowest BCUT2D eigenvalue weighted by atomic mass is 10.2. The van der Waals surface area contributed by atoms with Gasteiger partial charge < -0.3 is 15.0 Å². The first kappa shape index (κ1) is 17.8. The molecule has 2 amide bonds. The summed E-state index contributed by atoms with van der Waals surface area (Å²) in [5, 5.41) is 3.22. The number of hydrogen-bond acceptors (Lipinski definition) is 3. The van der Waals surface area contributed by atoms with E-state index in [0.717, 1.165) is 11.3 Å². The minimum absolute atomic E-state index is 0.0881. The molecule has 0 spiro atoms. The molecule has 24 heavy (non-hydrogen) atoms. The van der Waals surface area contributed by atoms with E-state index in [1.54, 1.807) is 31.4 Å². The van der Waals surface area contributed by atoms with Crippen LogP contribution in [0.25, 0.3) is 0 Å². The topological polar surface area (TPSA) is 58.6 Å². The number of rotatable bonds is 6. The number of nitrogens with one attached hydrogen (secondary N) is 1. The molecule has 0 aliphatic rings. The van der Waals surface area contributed by atoms with Crippen molar-refractivity contribution >= 4 is 29.1 Å². The molecule has 0 bridgehead atoms. The standard InChI is InChI=1S/C18H19ClN2O3/c1-13(22)21(17-6-4-3-5-16(17)19)12-18(23)20-11-14-7-9-15(24-2)10-8-14/h3-10H,11-12H2,1-2H3,(H,20,23). The Morgan fingerprint density at radius 3 is 2.38 bits per heavy atom. The number of methoxy groups -OCH3 is 1. The van der Waals surface area contributed by atoms with E-state index >= 15 is 0 Å². The van der Waals surface area contributed by atoms with Gasteiger partial charge in [-0.2, -0.15) is 0 Å². The summed E-state index contributed by atoms with van der Waals surface area (Å²) >= 11 is 6.11. The molecule has 2 aromatic carbocycles. The maximum atomic E-state index is 12.2. The molecule has 0 heterocycles. The van der Waals surface area contributed by atoms with Gasteiger partial charge in [-0.1, -0.05) is 35.9 Å². The number of carbonyl (C=O) groups excluding carboxylic acids is 2. The fourth-order valence-corrected chi connectivity index (χ4v) is 2.42. The van der Waals surface area contributed by atoms with E-state index in [4.69, 9.17) is 16.3 Å². The Kier molecular flexibility index (Phi) is 6.21. The molecule has 2 rings (SSSR count). The monoisotopic (exact) mass is 346 g/mol. The van der Waals surface area contributed by atoms with Crippen molar-refractivity contribution in [3.05, 3.63) is 59.1 Å². The number of ether oxygens (including phenoxy) is 1. The van der Waals surface area contributed by atoms with Gasteiger partial charge in [0.15, 0.2) is 0 Å². The van der Waals surface area contributed by atoms with Gasteiger partial charge in [-0.25, -0.2) is 0 Å². The lowest BCUT2D eigenvalue weighted by Gasteiger charge is -2.21. The summed E-state index contributed by atoms with van der Waals surface area (Å²) in [6, 6.07) is 14.3. The van der Waals surface area contributed by atoms with Crippen LogP contribution in [-0.2, 0) is 16.1 Å². The predicted molar refractivity (Wildman–Crippen MR) is 94.3 cm³/mol. The minimum Gasteiger partial charge on any atom is -0.497 e. The molecule has 0 saturated carbocycles. The smallest absolute Gasteiger partial charge is 0.240 e. The van der Waals surface area contributed by atoms with Crippen LogP contribution >= 0.6 is 11.6 Å². The number of hydrogen-bond donors (Lipinski definition) is 1. The fourth-order valence-electron chi connectivity index (χ4n) is 2.18. The molecule has 1 N–H and O–H groups in total. The Hall–Kier alpha value is -2.53. The van der Waals surface area contributed by atoms with Gasteiger partial charge in [0.1, 0.15) is 12.3 Å². The Morgan fingerprint density at radius 1 is 1.12 bits per heavy atom. The molecule has 6 heteroatoms. The first-order valence-corrected chi connectivity index (χ1v) is 7.81. The Morgan fingerprint density at radius 2 is 1.79 bits per heavy atom. The third-order valence-corrected chi connectivity index (χ3v) is 3.79. The Labute approximate surface area is 146 Å². The van der Waals surface area contributed by atoms with Gasteiger partial charge in [-0.15, -0.1) is 0 Å². The van der Waals surface area contributed by atoms with Crippen molar-refractivity contribution < 1.29 is 14.3 Å². The molecule has 0 fully saturated rings. The number of benzene rings is 2. The van der Waals surface area contributed by atoms with Crippen LogP contribution < -0.4 is 15.0 Å². The van der Waals surface area contributed by atoms with Crippen LogP contribution in [0, 0.1) is 0 Å². The average Bonchev–Trinajstić information content (AvgIpc) is 2.59. The van der Waals surface area contributed by atoms with Crippen molar-refractivity contribution in [1.82, 2.24) is 5.32 Å². The zero-order valence-corrected chi connectivity index (χ0v) is 14.3. The van der Waals surface area contributed by atoms with E-state index in [1.807, 2.05) is 24.3 Å². The minimum atomic E-state index is -0.263. The number of carbonyl (C=O) groups is 2. The largest absolute Gasteiger partial charge is 0.497 e. The second-order valence-corrected chi connectivity index (χ2v) is 5.59. The van der Waals surface area contributed by atoms with Crippen LogP contribution in [0.2, 0.25) is 5.02 Å². The van der Waals surface area contributed by atoms with E-state index in [9.17, 15) is 9.59 Å². The molecule has 0 atom stereocenters. The first-order chi connectivity index (χ1) is 11.5. The molecular formula is C18H19ClN2O3. The van der Waals surface area contributed by atoms with Crippen molar-refractivity contribution in [3.63, 3.8) is 0 Å². The van der Waals surface area contributed by atoms with Crippen molar-refractivity contribution in [2.75, 3.05) is 18.6 Å². The number of para-hydroxylation sites is 1. The normalized spacial score (nSPS) is 10.1. The van der Waals surface area contributed by atoms with Gasteiger partial charge in [-0.3, -0.25) is 9.59 Å². The average molecular weight is 347 g/mol. The zero-order valence-electron chi connectivity index (χ0n) is 13.6. The quantitative estimate of drug-likeness (QED) is 0.874. The maximum Gasteiger partial charge on any atom is 0.240 e. The van der Waals surface area contributed by atoms with Crippen molar-refractivity contribution in [2.24, 2.45) is 0 Å². The maximum absolute atomic E-state index is 12.2. The summed E-state index contributed by atoms with van der Waals surface area (Å²) < 4.78 is 5.09. The van der Waals surface area contributed by atoms with Gasteiger partial charge in [0.2, 0.25) is 11.8 Å².